The second-order valence-corrected chi connectivity index (χ2v) is 10.3. The third-order valence-electron chi connectivity index (χ3n) is 7.36. The summed E-state index contributed by atoms with van der Waals surface area (Å²) in [6, 6.07) is 29.6. The van der Waals surface area contributed by atoms with Crippen molar-refractivity contribution in [2.75, 3.05) is 13.2 Å². The quantitative estimate of drug-likeness (QED) is 0.250. The van der Waals surface area contributed by atoms with Crippen LogP contribution in [0.3, 0.4) is 0 Å². The summed E-state index contributed by atoms with van der Waals surface area (Å²) in [5.74, 6) is -0.762. The van der Waals surface area contributed by atoms with E-state index in [0.29, 0.717) is 29.7 Å². The number of aromatic nitrogens is 2. The van der Waals surface area contributed by atoms with Gasteiger partial charge < -0.3 is 9.64 Å². The number of esters is 1. The Morgan fingerprint density at radius 2 is 1.35 bits per heavy atom. The number of carbonyl (C=O) groups is 2. The molecule has 1 amide bonds. The minimum Gasteiger partial charge on any atom is -0.452 e. The molecule has 1 aliphatic heterocycles. The molecule has 2 heterocycles. The number of hydrogen-bond donors (Lipinski definition) is 0. The van der Waals surface area contributed by atoms with E-state index in [0.717, 1.165) is 40.1 Å². The fraction of sp³-hybridized carbons (Fsp3) is 0.176. The molecule has 4 aromatic carbocycles. The van der Waals surface area contributed by atoms with E-state index >= 15 is 0 Å². The molecule has 1 aromatic heterocycles. The predicted octanol–water partition coefficient (Wildman–Crippen LogP) is 6.32. The molecule has 40 heavy (non-hydrogen) atoms. The van der Waals surface area contributed by atoms with Crippen LogP contribution in [-0.2, 0) is 22.5 Å². The van der Waals surface area contributed by atoms with Gasteiger partial charge in [-0.3, -0.25) is 4.79 Å². The van der Waals surface area contributed by atoms with Gasteiger partial charge >= 0.3 is 5.97 Å². The van der Waals surface area contributed by atoms with Crippen LogP contribution in [0.1, 0.15) is 32.6 Å². The van der Waals surface area contributed by atoms with Crippen molar-refractivity contribution in [2.45, 2.75) is 26.8 Å². The molecule has 0 radical (unpaired) electrons. The van der Waals surface area contributed by atoms with Gasteiger partial charge in [0.25, 0.3) is 5.91 Å². The molecule has 0 fully saturated rings. The number of benzene rings is 4. The van der Waals surface area contributed by atoms with Gasteiger partial charge in [0.2, 0.25) is 0 Å². The lowest BCUT2D eigenvalue weighted by Crippen LogP contribution is -2.38. The van der Waals surface area contributed by atoms with Crippen LogP contribution in [0.2, 0.25) is 0 Å². The zero-order valence-electron chi connectivity index (χ0n) is 22.6. The molecule has 0 unspecified atom stereocenters. The normalized spacial score (nSPS) is 12.7. The molecule has 0 N–H and O–H groups in total. The van der Waals surface area contributed by atoms with Crippen LogP contribution in [-0.4, -0.2) is 39.9 Å². The first-order valence-corrected chi connectivity index (χ1v) is 13.4. The second-order valence-electron chi connectivity index (χ2n) is 10.3. The van der Waals surface area contributed by atoms with Crippen molar-refractivity contribution in [1.82, 2.24) is 14.9 Å². The van der Waals surface area contributed by atoms with Crippen LogP contribution < -0.4 is 0 Å². The standard InChI is InChI=1S/C34H29N3O3/c1-22-7-11-25(12-8-22)32-33(26-13-9-23(2)10-14-26)36-30-19-27(15-16-29(30)35-32)34(39)40-21-31(38)37-18-17-24-5-3-4-6-28(24)20-37/h3-16,19H,17-18,20-21H2,1-2H3. The number of ether oxygens (including phenoxy) is 1. The lowest BCUT2D eigenvalue weighted by Gasteiger charge is -2.28. The summed E-state index contributed by atoms with van der Waals surface area (Å²) in [4.78, 5) is 37.4. The first-order chi connectivity index (χ1) is 19.4. The molecule has 0 saturated heterocycles. The van der Waals surface area contributed by atoms with Crippen molar-refractivity contribution in [3.05, 3.63) is 119 Å². The van der Waals surface area contributed by atoms with Gasteiger partial charge in [0.1, 0.15) is 0 Å². The average Bonchev–Trinajstić information content (AvgIpc) is 2.99. The number of carbonyl (C=O) groups excluding carboxylic acids is 2. The van der Waals surface area contributed by atoms with E-state index in [1.165, 1.54) is 11.1 Å². The molecule has 0 atom stereocenters. The molecule has 0 spiro atoms. The zero-order chi connectivity index (χ0) is 27.6. The highest BCUT2D eigenvalue weighted by atomic mass is 16.5. The summed E-state index contributed by atoms with van der Waals surface area (Å²) in [7, 11) is 0. The highest BCUT2D eigenvalue weighted by Gasteiger charge is 2.22. The highest BCUT2D eigenvalue weighted by molar-refractivity contribution is 5.96. The minimum absolute atomic E-state index is 0.201. The average molecular weight is 528 g/mol. The van der Waals surface area contributed by atoms with Crippen LogP contribution in [0.25, 0.3) is 33.5 Å². The topological polar surface area (TPSA) is 72.4 Å². The molecule has 0 aliphatic carbocycles. The third kappa shape index (κ3) is 5.21. The molecule has 198 valence electrons. The van der Waals surface area contributed by atoms with E-state index < -0.39 is 5.97 Å². The highest BCUT2D eigenvalue weighted by Crippen LogP contribution is 2.31. The predicted molar refractivity (Wildman–Crippen MR) is 156 cm³/mol. The smallest absolute Gasteiger partial charge is 0.338 e. The minimum atomic E-state index is -0.561. The first-order valence-electron chi connectivity index (χ1n) is 13.4. The summed E-state index contributed by atoms with van der Waals surface area (Å²) in [5, 5.41) is 0. The van der Waals surface area contributed by atoms with Gasteiger partial charge in [0, 0.05) is 24.2 Å². The molecular formula is C34H29N3O3. The summed E-state index contributed by atoms with van der Waals surface area (Å²) in [6.45, 7) is 4.94. The molecule has 6 rings (SSSR count). The van der Waals surface area contributed by atoms with Gasteiger partial charge in [-0.1, -0.05) is 83.9 Å². The molecule has 6 heteroatoms. The van der Waals surface area contributed by atoms with Crippen LogP contribution >= 0.6 is 0 Å². The van der Waals surface area contributed by atoms with Crippen molar-refractivity contribution in [2.24, 2.45) is 0 Å². The monoisotopic (exact) mass is 527 g/mol. The molecule has 5 aromatic rings. The van der Waals surface area contributed by atoms with Gasteiger partial charge in [-0.05, 0) is 49.6 Å². The maximum absolute atomic E-state index is 12.9. The molecular weight excluding hydrogens is 498 g/mol. The van der Waals surface area contributed by atoms with Crippen molar-refractivity contribution in [3.8, 4) is 22.5 Å². The molecule has 0 saturated carbocycles. The van der Waals surface area contributed by atoms with Gasteiger partial charge in [-0.15, -0.1) is 0 Å². The largest absolute Gasteiger partial charge is 0.452 e. The Labute approximate surface area is 233 Å². The number of rotatable bonds is 5. The summed E-state index contributed by atoms with van der Waals surface area (Å²) >= 11 is 0. The number of aryl methyl sites for hydroxylation is 2. The van der Waals surface area contributed by atoms with E-state index in [2.05, 4.69) is 25.1 Å². The lowest BCUT2D eigenvalue weighted by molar-refractivity contribution is -0.135. The molecule has 1 aliphatic rings. The van der Waals surface area contributed by atoms with Crippen LogP contribution in [0.4, 0.5) is 0 Å². The van der Waals surface area contributed by atoms with Crippen molar-refractivity contribution >= 4 is 22.9 Å². The van der Waals surface area contributed by atoms with Gasteiger partial charge in [0.05, 0.1) is 28.0 Å². The van der Waals surface area contributed by atoms with Crippen LogP contribution in [0.5, 0.6) is 0 Å². The lowest BCUT2D eigenvalue weighted by atomic mass is 10.00. The zero-order valence-corrected chi connectivity index (χ0v) is 22.6. The Hall–Kier alpha value is -4.84. The molecule has 6 nitrogen and oxygen atoms in total. The number of fused-ring (bicyclic) bond motifs is 2. The van der Waals surface area contributed by atoms with Crippen molar-refractivity contribution in [1.29, 1.82) is 0 Å². The maximum Gasteiger partial charge on any atom is 0.338 e. The van der Waals surface area contributed by atoms with Crippen molar-refractivity contribution < 1.29 is 14.3 Å². The summed E-state index contributed by atoms with van der Waals surface area (Å²) in [5.41, 5.74) is 9.73. The Morgan fingerprint density at radius 3 is 2.00 bits per heavy atom. The SMILES string of the molecule is Cc1ccc(-c2nc3ccc(C(=O)OCC(=O)N4CCc5ccccc5C4)cc3nc2-c2ccc(C)cc2)cc1. The maximum atomic E-state index is 12.9. The fourth-order valence-electron chi connectivity index (χ4n) is 5.02. The van der Waals surface area contributed by atoms with E-state index in [9.17, 15) is 9.59 Å². The number of hydrogen-bond acceptors (Lipinski definition) is 5. The first kappa shape index (κ1) is 25.4. The Bertz CT molecular complexity index is 1730. The van der Waals surface area contributed by atoms with Crippen LogP contribution in [0, 0.1) is 13.8 Å². The Kier molecular flexibility index (Phi) is 6.83. The Morgan fingerprint density at radius 1 is 0.750 bits per heavy atom. The van der Waals surface area contributed by atoms with Gasteiger partial charge in [-0.25, -0.2) is 14.8 Å². The summed E-state index contributed by atoms with van der Waals surface area (Å²) in [6.07, 6.45) is 0.799. The van der Waals surface area contributed by atoms with Gasteiger partial charge in [-0.2, -0.15) is 0 Å². The molecule has 0 bridgehead atoms. The number of amides is 1. The third-order valence-corrected chi connectivity index (χ3v) is 7.36. The van der Waals surface area contributed by atoms with Gasteiger partial charge in [0.15, 0.2) is 6.61 Å². The van der Waals surface area contributed by atoms with Crippen LogP contribution in [0.15, 0.2) is 91.0 Å². The van der Waals surface area contributed by atoms with E-state index in [1.807, 2.05) is 61.5 Å². The second kappa shape index (κ2) is 10.7. The van der Waals surface area contributed by atoms with E-state index in [-0.39, 0.29) is 12.5 Å². The van der Waals surface area contributed by atoms with E-state index in [1.54, 1.807) is 23.1 Å². The fourth-order valence-corrected chi connectivity index (χ4v) is 5.02. The van der Waals surface area contributed by atoms with E-state index in [4.69, 9.17) is 14.7 Å². The summed E-state index contributed by atoms with van der Waals surface area (Å²) < 4.78 is 5.43. The van der Waals surface area contributed by atoms with Crippen molar-refractivity contribution in [3.63, 3.8) is 0 Å². The Balaban J connectivity index is 1.25. The number of nitrogens with zero attached hydrogens (tertiary/aromatic N) is 3.